The Kier molecular flexibility index (Phi) is 4.76. The number of nitrogens with zero attached hydrogens (tertiary/aromatic N) is 1. The van der Waals surface area contributed by atoms with Crippen LogP contribution in [-0.4, -0.2) is 31.7 Å². The van der Waals surface area contributed by atoms with Crippen molar-refractivity contribution in [1.82, 2.24) is 10.3 Å². The molecule has 19 heavy (non-hydrogen) atoms. The lowest BCUT2D eigenvalue weighted by atomic mass is 10.0. The summed E-state index contributed by atoms with van der Waals surface area (Å²) >= 11 is 0. The second-order valence-corrected chi connectivity index (χ2v) is 6.88. The minimum Gasteiger partial charge on any atom is -0.314 e. The molecule has 0 radical (unpaired) electrons. The molecule has 0 spiro atoms. The van der Waals surface area contributed by atoms with Gasteiger partial charge in [0.05, 0.1) is 11.4 Å². The molecule has 5 nitrogen and oxygen atoms in total. The Morgan fingerprint density at radius 1 is 1.47 bits per heavy atom. The van der Waals surface area contributed by atoms with Gasteiger partial charge < -0.3 is 5.32 Å². The minimum atomic E-state index is -3.27. The predicted octanol–water partition coefficient (Wildman–Crippen LogP) is 1.66. The Bertz CT molecular complexity index is 510. The maximum absolute atomic E-state index is 12.0. The van der Waals surface area contributed by atoms with Crippen LogP contribution in [0, 0.1) is 6.92 Å². The third kappa shape index (κ3) is 4.80. The van der Waals surface area contributed by atoms with Crippen molar-refractivity contribution in [2.24, 2.45) is 0 Å². The van der Waals surface area contributed by atoms with Crippen molar-refractivity contribution >= 4 is 15.7 Å². The first-order valence-electron chi connectivity index (χ1n) is 6.72. The second-order valence-electron chi connectivity index (χ2n) is 5.04. The second kappa shape index (κ2) is 6.34. The molecule has 1 aromatic rings. The van der Waals surface area contributed by atoms with Gasteiger partial charge in [0, 0.05) is 17.9 Å². The topological polar surface area (TPSA) is 71.1 Å². The molecule has 1 fully saturated rings. The fourth-order valence-corrected chi connectivity index (χ4v) is 3.49. The summed E-state index contributed by atoms with van der Waals surface area (Å²) < 4.78 is 26.6. The molecule has 0 saturated carbocycles. The fourth-order valence-electron chi connectivity index (χ4n) is 2.31. The van der Waals surface area contributed by atoms with E-state index < -0.39 is 10.0 Å². The molecule has 6 heteroatoms. The van der Waals surface area contributed by atoms with Crippen molar-refractivity contribution in [3.63, 3.8) is 0 Å². The zero-order chi connectivity index (χ0) is 13.7. The van der Waals surface area contributed by atoms with Gasteiger partial charge in [-0.15, -0.1) is 0 Å². The Hall–Kier alpha value is -1.14. The van der Waals surface area contributed by atoms with Crippen LogP contribution in [0.2, 0.25) is 0 Å². The summed E-state index contributed by atoms with van der Waals surface area (Å²) in [5, 5.41) is 3.36. The van der Waals surface area contributed by atoms with Gasteiger partial charge in [-0.25, -0.2) is 8.42 Å². The van der Waals surface area contributed by atoms with Crippen LogP contribution >= 0.6 is 0 Å². The van der Waals surface area contributed by atoms with E-state index in [2.05, 4.69) is 15.0 Å². The van der Waals surface area contributed by atoms with E-state index >= 15 is 0 Å². The summed E-state index contributed by atoms with van der Waals surface area (Å²) in [6, 6.07) is 3.74. The van der Waals surface area contributed by atoms with E-state index in [1.165, 1.54) is 12.8 Å². The average molecular weight is 283 g/mol. The molecule has 0 aromatic carbocycles. The van der Waals surface area contributed by atoms with E-state index in [1.54, 1.807) is 18.3 Å². The van der Waals surface area contributed by atoms with E-state index in [1.807, 2.05) is 6.92 Å². The third-order valence-electron chi connectivity index (χ3n) is 3.32. The summed E-state index contributed by atoms with van der Waals surface area (Å²) in [6.45, 7) is 2.84. The number of rotatable bonds is 5. The van der Waals surface area contributed by atoms with Crippen molar-refractivity contribution in [3.8, 4) is 0 Å². The van der Waals surface area contributed by atoms with Gasteiger partial charge in [-0.05, 0) is 44.9 Å². The van der Waals surface area contributed by atoms with E-state index in [9.17, 15) is 8.42 Å². The minimum absolute atomic E-state index is 0.159. The molecule has 0 amide bonds. The highest BCUT2D eigenvalue weighted by Crippen LogP contribution is 2.13. The molecule has 106 valence electrons. The van der Waals surface area contributed by atoms with Crippen LogP contribution in [0.4, 0.5) is 5.69 Å². The smallest absolute Gasteiger partial charge is 0.232 e. The zero-order valence-electron chi connectivity index (χ0n) is 11.2. The van der Waals surface area contributed by atoms with Crippen molar-refractivity contribution in [1.29, 1.82) is 0 Å². The first-order valence-corrected chi connectivity index (χ1v) is 8.37. The summed E-state index contributed by atoms with van der Waals surface area (Å²) in [5.41, 5.74) is 1.39. The van der Waals surface area contributed by atoms with Crippen LogP contribution < -0.4 is 10.0 Å². The highest BCUT2D eigenvalue weighted by atomic mass is 32.2. The summed E-state index contributed by atoms with van der Waals surface area (Å²) in [6.07, 6.45) is 5.73. The van der Waals surface area contributed by atoms with Crippen molar-refractivity contribution < 1.29 is 8.42 Å². The van der Waals surface area contributed by atoms with Crippen LogP contribution in [0.3, 0.4) is 0 Å². The van der Waals surface area contributed by atoms with E-state index in [4.69, 9.17) is 0 Å². The van der Waals surface area contributed by atoms with Crippen molar-refractivity contribution in [2.75, 3.05) is 17.0 Å². The van der Waals surface area contributed by atoms with Crippen LogP contribution in [0.15, 0.2) is 18.3 Å². The SMILES string of the molecule is Cc1cc(NS(=O)(=O)CCC2CCCCN2)ccn1. The van der Waals surface area contributed by atoms with Crippen molar-refractivity contribution in [2.45, 2.75) is 38.6 Å². The van der Waals surface area contributed by atoms with Gasteiger partial charge >= 0.3 is 0 Å². The predicted molar refractivity (Wildman–Crippen MR) is 76.6 cm³/mol. The monoisotopic (exact) mass is 283 g/mol. The molecule has 2 rings (SSSR count). The number of anilines is 1. The van der Waals surface area contributed by atoms with E-state index in [0.29, 0.717) is 18.2 Å². The van der Waals surface area contributed by atoms with Gasteiger partial charge in [-0.2, -0.15) is 0 Å². The number of hydrogen-bond acceptors (Lipinski definition) is 4. The number of hydrogen-bond donors (Lipinski definition) is 2. The number of sulfonamides is 1. The molecule has 1 aliphatic heterocycles. The molecule has 2 heterocycles. The molecule has 1 saturated heterocycles. The van der Waals surface area contributed by atoms with E-state index in [0.717, 1.165) is 18.7 Å². The molecule has 2 N–H and O–H groups in total. The molecule has 1 unspecified atom stereocenters. The lowest BCUT2D eigenvalue weighted by Gasteiger charge is -2.23. The number of aromatic nitrogens is 1. The zero-order valence-corrected chi connectivity index (χ0v) is 12.0. The molecular formula is C13H21N3O2S. The molecule has 1 aromatic heterocycles. The van der Waals surface area contributed by atoms with Crippen LogP contribution in [0.1, 0.15) is 31.4 Å². The van der Waals surface area contributed by atoms with Gasteiger partial charge in [-0.1, -0.05) is 6.42 Å². The number of nitrogens with one attached hydrogen (secondary N) is 2. The number of pyridine rings is 1. The lowest BCUT2D eigenvalue weighted by molar-refractivity contribution is 0.393. The Morgan fingerprint density at radius 2 is 2.32 bits per heavy atom. The Morgan fingerprint density at radius 3 is 3.00 bits per heavy atom. The molecule has 0 aliphatic carbocycles. The number of aryl methyl sites for hydroxylation is 1. The van der Waals surface area contributed by atoms with Crippen molar-refractivity contribution in [3.05, 3.63) is 24.0 Å². The average Bonchev–Trinajstić information content (AvgIpc) is 2.37. The lowest BCUT2D eigenvalue weighted by Crippen LogP contribution is -2.36. The summed E-state index contributed by atoms with van der Waals surface area (Å²) in [7, 11) is -3.27. The standard InChI is InChI=1S/C13H21N3O2S/c1-11-10-13(5-8-14-11)16-19(17,18)9-6-12-4-2-3-7-15-12/h5,8,10,12,15H,2-4,6-7,9H2,1H3,(H,14,16). The van der Waals surface area contributed by atoms with Gasteiger partial charge in [0.2, 0.25) is 10.0 Å². The maximum Gasteiger partial charge on any atom is 0.232 e. The van der Waals surface area contributed by atoms with Crippen LogP contribution in [0.25, 0.3) is 0 Å². The molecule has 0 bridgehead atoms. The maximum atomic E-state index is 12.0. The highest BCUT2D eigenvalue weighted by Gasteiger charge is 2.17. The molecule has 1 aliphatic rings. The number of piperidine rings is 1. The molecular weight excluding hydrogens is 262 g/mol. The summed E-state index contributed by atoms with van der Waals surface area (Å²) in [5.74, 6) is 0.159. The third-order valence-corrected chi connectivity index (χ3v) is 4.64. The van der Waals surface area contributed by atoms with Gasteiger partial charge in [0.15, 0.2) is 0 Å². The largest absolute Gasteiger partial charge is 0.314 e. The Labute approximate surface area is 114 Å². The molecule has 1 atom stereocenters. The summed E-state index contributed by atoms with van der Waals surface area (Å²) in [4.78, 5) is 4.04. The van der Waals surface area contributed by atoms with Crippen LogP contribution in [0.5, 0.6) is 0 Å². The van der Waals surface area contributed by atoms with E-state index in [-0.39, 0.29) is 5.75 Å². The highest BCUT2D eigenvalue weighted by molar-refractivity contribution is 7.92. The normalized spacial score (nSPS) is 20.2. The first kappa shape index (κ1) is 14.3. The quantitative estimate of drug-likeness (QED) is 0.862. The van der Waals surface area contributed by atoms with Gasteiger partial charge in [0.25, 0.3) is 0 Å². The van der Waals surface area contributed by atoms with Gasteiger partial charge in [-0.3, -0.25) is 9.71 Å². The fraction of sp³-hybridized carbons (Fsp3) is 0.615. The van der Waals surface area contributed by atoms with Crippen LogP contribution in [-0.2, 0) is 10.0 Å². The van der Waals surface area contributed by atoms with Gasteiger partial charge in [0.1, 0.15) is 0 Å². The first-order chi connectivity index (χ1) is 9.05. The Balaban J connectivity index is 1.87.